The molecule has 6 nitrogen and oxygen atoms in total. The average Bonchev–Trinajstić information content (AvgIpc) is 2.78. The van der Waals surface area contributed by atoms with Crippen molar-refractivity contribution in [3.63, 3.8) is 0 Å². The molecule has 17 heavy (non-hydrogen) atoms. The zero-order chi connectivity index (χ0) is 12.4. The predicted octanol–water partition coefficient (Wildman–Crippen LogP) is -0.455. The van der Waals surface area contributed by atoms with E-state index in [0.717, 1.165) is 0 Å². The topological polar surface area (TPSA) is 84.3 Å². The summed E-state index contributed by atoms with van der Waals surface area (Å²) >= 11 is 0. The van der Waals surface area contributed by atoms with Crippen molar-refractivity contribution >= 4 is 0 Å². The van der Waals surface area contributed by atoms with E-state index in [-0.39, 0.29) is 12.2 Å². The highest BCUT2D eigenvalue weighted by molar-refractivity contribution is 5.08. The highest BCUT2D eigenvalue weighted by Gasteiger charge is 2.21. The molecule has 2 heterocycles. The van der Waals surface area contributed by atoms with Gasteiger partial charge in [0, 0.05) is 11.8 Å². The average molecular weight is 238 g/mol. The minimum absolute atomic E-state index is 0.133. The summed E-state index contributed by atoms with van der Waals surface area (Å²) in [5, 5.41) is 8.92. The smallest absolute Gasteiger partial charge is 0.330 e. The van der Waals surface area contributed by atoms with Crippen LogP contribution in [0.4, 0.5) is 0 Å². The van der Waals surface area contributed by atoms with Crippen LogP contribution in [-0.2, 0) is 11.2 Å². The third-order valence-corrected chi connectivity index (χ3v) is 2.68. The molecule has 2 N–H and O–H groups in total. The monoisotopic (exact) mass is 238 g/mol. The first-order valence-corrected chi connectivity index (χ1v) is 5.44. The quantitative estimate of drug-likeness (QED) is 0.698. The van der Waals surface area contributed by atoms with E-state index in [1.165, 1.54) is 10.8 Å². The molecule has 0 aliphatic carbocycles. The lowest BCUT2D eigenvalue weighted by Gasteiger charge is -2.15. The maximum atomic E-state index is 11.6. The Bertz CT molecular complexity index is 543. The van der Waals surface area contributed by atoms with Crippen LogP contribution in [0, 0.1) is 0 Å². The molecule has 1 aliphatic rings. The number of nitrogens with zero attached hydrogens (tertiary/aromatic N) is 1. The van der Waals surface area contributed by atoms with Gasteiger partial charge in [-0.2, -0.15) is 0 Å². The predicted molar refractivity (Wildman–Crippen MR) is 60.8 cm³/mol. The van der Waals surface area contributed by atoms with Crippen LogP contribution in [0.15, 0.2) is 27.9 Å². The van der Waals surface area contributed by atoms with Crippen LogP contribution >= 0.6 is 0 Å². The fraction of sp³-hybridized carbons (Fsp3) is 0.455. The van der Waals surface area contributed by atoms with Gasteiger partial charge in [0.25, 0.3) is 5.56 Å². The maximum absolute atomic E-state index is 11.6. The third kappa shape index (κ3) is 2.22. The van der Waals surface area contributed by atoms with E-state index < -0.39 is 18.0 Å². The summed E-state index contributed by atoms with van der Waals surface area (Å²) in [7, 11) is 0. The molecule has 0 saturated carbocycles. The van der Waals surface area contributed by atoms with E-state index in [0.29, 0.717) is 12.0 Å². The summed E-state index contributed by atoms with van der Waals surface area (Å²) in [6, 6.07) is 0. The summed E-state index contributed by atoms with van der Waals surface area (Å²) in [5.74, 6) is 0. The number of hydrogen-bond donors (Lipinski definition) is 2. The van der Waals surface area contributed by atoms with E-state index in [4.69, 9.17) is 9.84 Å². The summed E-state index contributed by atoms with van der Waals surface area (Å²) < 4.78 is 6.71. The summed E-state index contributed by atoms with van der Waals surface area (Å²) in [6.45, 7) is 1.70. The molecular weight excluding hydrogens is 224 g/mol. The lowest BCUT2D eigenvalue weighted by molar-refractivity contribution is -0.0104. The third-order valence-electron chi connectivity index (χ3n) is 2.68. The number of aliphatic hydroxyl groups is 1. The second-order valence-electron chi connectivity index (χ2n) is 3.81. The lowest BCUT2D eigenvalue weighted by atomic mass is 10.2. The van der Waals surface area contributed by atoms with Gasteiger partial charge < -0.3 is 9.84 Å². The molecule has 1 aliphatic heterocycles. The van der Waals surface area contributed by atoms with Crippen LogP contribution in [0.25, 0.3) is 0 Å². The van der Waals surface area contributed by atoms with Crippen molar-refractivity contribution in [3.8, 4) is 0 Å². The Morgan fingerprint density at radius 3 is 2.82 bits per heavy atom. The van der Waals surface area contributed by atoms with E-state index in [2.05, 4.69) is 4.98 Å². The fourth-order valence-electron chi connectivity index (χ4n) is 1.72. The Kier molecular flexibility index (Phi) is 3.26. The first-order chi connectivity index (χ1) is 8.15. The second-order valence-corrected chi connectivity index (χ2v) is 3.81. The molecule has 0 fully saturated rings. The van der Waals surface area contributed by atoms with E-state index in [1.807, 2.05) is 6.92 Å². The Hall–Kier alpha value is -1.66. The number of aromatic amines is 1. The van der Waals surface area contributed by atoms with Crippen molar-refractivity contribution in [1.82, 2.24) is 9.55 Å². The van der Waals surface area contributed by atoms with Gasteiger partial charge >= 0.3 is 5.69 Å². The van der Waals surface area contributed by atoms with Crippen LogP contribution in [0.1, 0.15) is 18.7 Å². The van der Waals surface area contributed by atoms with Gasteiger partial charge in [0.1, 0.15) is 6.10 Å². The number of aliphatic hydroxyl groups excluding tert-OH is 1. The molecule has 2 atom stereocenters. The van der Waals surface area contributed by atoms with Gasteiger partial charge in [-0.1, -0.05) is 13.0 Å². The number of H-pyrrole nitrogens is 1. The zero-order valence-electron chi connectivity index (χ0n) is 9.42. The van der Waals surface area contributed by atoms with Gasteiger partial charge in [0.15, 0.2) is 6.23 Å². The molecule has 0 amide bonds. The number of hydrogen-bond acceptors (Lipinski definition) is 4. The van der Waals surface area contributed by atoms with Crippen LogP contribution in [0.2, 0.25) is 0 Å². The molecule has 0 unspecified atom stereocenters. The largest absolute Gasteiger partial charge is 0.393 e. The van der Waals surface area contributed by atoms with Crippen LogP contribution in [0.5, 0.6) is 0 Å². The van der Waals surface area contributed by atoms with Crippen molar-refractivity contribution in [2.24, 2.45) is 0 Å². The standard InChI is InChI=1S/C11H14N2O4/c1-2-7-5-13(11(16)12-10(7)15)9-4-3-8(6-14)17-9/h3-5,8-9,14H,2,6H2,1H3,(H,12,15,16)/t8-,9+/m0/s1. The van der Waals surface area contributed by atoms with Crippen LogP contribution in [0.3, 0.4) is 0 Å². The van der Waals surface area contributed by atoms with Gasteiger partial charge in [-0.3, -0.25) is 14.3 Å². The summed E-state index contributed by atoms with van der Waals surface area (Å²) in [5.41, 5.74) is -0.357. The molecule has 92 valence electrons. The van der Waals surface area contributed by atoms with Crippen LogP contribution in [-0.4, -0.2) is 27.4 Å². The van der Waals surface area contributed by atoms with Gasteiger partial charge in [0.2, 0.25) is 0 Å². The SMILES string of the molecule is CCc1cn([C@H]2C=C[C@@H](CO)O2)c(=O)[nH]c1=O. The van der Waals surface area contributed by atoms with Crippen molar-refractivity contribution in [2.75, 3.05) is 6.61 Å². The molecule has 0 spiro atoms. The van der Waals surface area contributed by atoms with Crippen LogP contribution < -0.4 is 11.2 Å². The van der Waals surface area contributed by atoms with Gasteiger partial charge in [-0.15, -0.1) is 0 Å². The minimum atomic E-state index is -0.568. The van der Waals surface area contributed by atoms with E-state index in [1.54, 1.807) is 12.2 Å². The van der Waals surface area contributed by atoms with Gasteiger partial charge in [-0.05, 0) is 12.5 Å². The van der Waals surface area contributed by atoms with Crippen molar-refractivity contribution in [2.45, 2.75) is 25.7 Å². The second kappa shape index (κ2) is 4.68. The summed E-state index contributed by atoms with van der Waals surface area (Å²) in [4.78, 5) is 25.3. The molecule has 1 aromatic rings. The lowest BCUT2D eigenvalue weighted by Crippen LogP contribution is -2.34. The van der Waals surface area contributed by atoms with E-state index in [9.17, 15) is 9.59 Å². The highest BCUT2D eigenvalue weighted by atomic mass is 16.5. The van der Waals surface area contributed by atoms with Gasteiger partial charge in [-0.25, -0.2) is 4.79 Å². The number of aryl methyl sites for hydroxylation is 1. The van der Waals surface area contributed by atoms with E-state index >= 15 is 0 Å². The van der Waals surface area contributed by atoms with Crippen molar-refractivity contribution in [3.05, 3.63) is 44.8 Å². The highest BCUT2D eigenvalue weighted by Crippen LogP contribution is 2.18. The normalized spacial score (nSPS) is 23.2. The Labute approximate surface area is 97.2 Å². The number of nitrogens with one attached hydrogen (secondary N) is 1. The first-order valence-electron chi connectivity index (χ1n) is 5.44. The molecule has 6 heteroatoms. The molecule has 2 rings (SSSR count). The Morgan fingerprint density at radius 2 is 2.24 bits per heavy atom. The van der Waals surface area contributed by atoms with Crippen molar-refractivity contribution < 1.29 is 9.84 Å². The molecule has 0 bridgehead atoms. The number of ether oxygens (including phenoxy) is 1. The molecule has 0 aromatic carbocycles. The zero-order valence-corrected chi connectivity index (χ0v) is 9.42. The molecule has 1 aromatic heterocycles. The minimum Gasteiger partial charge on any atom is -0.393 e. The number of rotatable bonds is 3. The molecule has 0 saturated heterocycles. The number of aromatic nitrogens is 2. The van der Waals surface area contributed by atoms with Crippen molar-refractivity contribution in [1.29, 1.82) is 0 Å². The fourth-order valence-corrected chi connectivity index (χ4v) is 1.72. The molecular formula is C11H14N2O4. The molecule has 0 radical (unpaired) electrons. The summed E-state index contributed by atoms with van der Waals surface area (Å²) in [6.07, 6.45) is 4.44. The Balaban J connectivity index is 2.37. The van der Waals surface area contributed by atoms with Gasteiger partial charge in [0.05, 0.1) is 6.61 Å². The first kappa shape index (κ1) is 11.8. The maximum Gasteiger partial charge on any atom is 0.330 e. The Morgan fingerprint density at radius 1 is 1.47 bits per heavy atom.